The van der Waals surface area contributed by atoms with E-state index in [9.17, 15) is 4.79 Å². The van der Waals surface area contributed by atoms with Crippen LogP contribution in [-0.4, -0.2) is 29.4 Å². The van der Waals surface area contributed by atoms with Gasteiger partial charge in [0.15, 0.2) is 0 Å². The molecule has 0 spiro atoms. The first-order valence-corrected chi connectivity index (χ1v) is 6.84. The summed E-state index contributed by atoms with van der Waals surface area (Å²) in [5.41, 5.74) is 0.507. The molecule has 0 bridgehead atoms. The highest BCUT2D eigenvalue weighted by molar-refractivity contribution is 9.10. The van der Waals surface area contributed by atoms with E-state index in [2.05, 4.69) is 20.9 Å². The molecular weight excluding hydrogens is 280 g/mol. The van der Waals surface area contributed by atoms with Crippen molar-refractivity contribution >= 4 is 21.8 Å². The third kappa shape index (κ3) is 3.06. The van der Waals surface area contributed by atoms with Crippen molar-refractivity contribution in [3.05, 3.63) is 28.5 Å². The maximum Gasteiger partial charge on any atom is 0.273 e. The quantitative estimate of drug-likeness (QED) is 0.859. The van der Waals surface area contributed by atoms with Crippen molar-refractivity contribution in [1.29, 1.82) is 0 Å². The predicted octanol–water partition coefficient (Wildman–Crippen LogP) is 3.11. The zero-order chi connectivity index (χ0) is 12.3. The monoisotopic (exact) mass is 296 g/mol. The number of hydrogen-bond donors (Lipinski definition) is 0. The molecule has 1 aromatic heterocycles. The number of rotatable bonds is 3. The summed E-state index contributed by atoms with van der Waals surface area (Å²) < 4.78 is 0.767. The molecule has 0 N–H and O–H groups in total. The van der Waals surface area contributed by atoms with Crippen molar-refractivity contribution in [1.82, 2.24) is 9.88 Å². The molecule has 4 heteroatoms. The predicted molar refractivity (Wildman–Crippen MR) is 70.9 cm³/mol. The smallest absolute Gasteiger partial charge is 0.273 e. The molecule has 2 rings (SSSR count). The highest BCUT2D eigenvalue weighted by Crippen LogP contribution is 2.25. The third-order valence-corrected chi connectivity index (χ3v) is 3.95. The molecule has 92 valence electrons. The van der Waals surface area contributed by atoms with Gasteiger partial charge in [0.2, 0.25) is 0 Å². The maximum atomic E-state index is 12.2. The molecule has 0 unspecified atom stereocenters. The minimum absolute atomic E-state index is 0.00405. The number of halogens is 1. The van der Waals surface area contributed by atoms with Crippen LogP contribution in [0.25, 0.3) is 0 Å². The molecule has 1 aliphatic carbocycles. The van der Waals surface area contributed by atoms with E-state index in [1.807, 2.05) is 19.2 Å². The van der Waals surface area contributed by atoms with Crippen LogP contribution in [0.1, 0.15) is 36.2 Å². The first kappa shape index (κ1) is 12.6. The fourth-order valence-electron chi connectivity index (χ4n) is 2.39. The highest BCUT2D eigenvalue weighted by Gasteiger charge is 2.21. The third-order valence-electron chi connectivity index (χ3n) is 3.31. The zero-order valence-corrected chi connectivity index (χ0v) is 11.6. The number of amides is 1. The fraction of sp³-hybridized carbons (Fsp3) is 0.538. The van der Waals surface area contributed by atoms with E-state index in [0.29, 0.717) is 11.6 Å². The number of carbonyl (C=O) groups is 1. The standard InChI is InChI=1S/C13H17BrN2O/c1-16(9-10-5-2-3-6-10)13(17)12-11(14)7-4-8-15-12/h4,7-8,10H,2-3,5-6,9H2,1H3. The van der Waals surface area contributed by atoms with E-state index in [4.69, 9.17) is 0 Å². The summed E-state index contributed by atoms with van der Waals surface area (Å²) in [5.74, 6) is 0.677. The van der Waals surface area contributed by atoms with Gasteiger partial charge >= 0.3 is 0 Å². The average Bonchev–Trinajstić information content (AvgIpc) is 2.81. The summed E-state index contributed by atoms with van der Waals surface area (Å²) in [6.07, 6.45) is 6.77. The van der Waals surface area contributed by atoms with Gasteiger partial charge in [0.25, 0.3) is 5.91 Å². The van der Waals surface area contributed by atoms with Crippen LogP contribution >= 0.6 is 15.9 Å². The van der Waals surface area contributed by atoms with Crippen molar-refractivity contribution < 1.29 is 4.79 Å². The Balaban J connectivity index is 2.01. The molecule has 0 aromatic carbocycles. The summed E-state index contributed by atoms with van der Waals surface area (Å²) >= 11 is 3.37. The first-order valence-electron chi connectivity index (χ1n) is 6.04. The summed E-state index contributed by atoms with van der Waals surface area (Å²) in [5, 5.41) is 0. The average molecular weight is 297 g/mol. The lowest BCUT2D eigenvalue weighted by atomic mass is 10.1. The number of aromatic nitrogens is 1. The highest BCUT2D eigenvalue weighted by atomic mass is 79.9. The second-order valence-electron chi connectivity index (χ2n) is 4.67. The zero-order valence-electron chi connectivity index (χ0n) is 10.0. The van der Waals surface area contributed by atoms with Gasteiger partial charge < -0.3 is 4.90 Å². The van der Waals surface area contributed by atoms with Gasteiger partial charge in [-0.05, 0) is 46.8 Å². The van der Waals surface area contributed by atoms with Crippen molar-refractivity contribution in [2.45, 2.75) is 25.7 Å². The first-order chi connectivity index (χ1) is 8.18. The van der Waals surface area contributed by atoms with E-state index >= 15 is 0 Å². The number of carbonyl (C=O) groups excluding carboxylic acids is 1. The van der Waals surface area contributed by atoms with Crippen LogP contribution < -0.4 is 0 Å². The normalized spacial score (nSPS) is 16.1. The van der Waals surface area contributed by atoms with Gasteiger partial charge in [-0.2, -0.15) is 0 Å². The summed E-state index contributed by atoms with van der Waals surface area (Å²) in [7, 11) is 1.86. The van der Waals surface area contributed by atoms with Gasteiger partial charge in [-0.1, -0.05) is 12.8 Å². The number of nitrogens with zero attached hydrogens (tertiary/aromatic N) is 2. The van der Waals surface area contributed by atoms with Crippen LogP contribution in [0.4, 0.5) is 0 Å². The molecule has 1 amide bonds. The Bertz CT molecular complexity index is 402. The molecule has 0 atom stereocenters. The van der Waals surface area contributed by atoms with Gasteiger partial charge in [-0.25, -0.2) is 4.98 Å². The Kier molecular flexibility index (Phi) is 4.15. The van der Waals surface area contributed by atoms with Gasteiger partial charge in [-0.3, -0.25) is 4.79 Å². The van der Waals surface area contributed by atoms with Crippen LogP contribution in [0.3, 0.4) is 0 Å². The Morgan fingerprint density at radius 2 is 2.24 bits per heavy atom. The minimum Gasteiger partial charge on any atom is -0.340 e. The van der Waals surface area contributed by atoms with E-state index in [-0.39, 0.29) is 5.91 Å². The van der Waals surface area contributed by atoms with Crippen LogP contribution in [0.5, 0.6) is 0 Å². The Morgan fingerprint density at radius 3 is 2.88 bits per heavy atom. The topological polar surface area (TPSA) is 33.2 Å². The van der Waals surface area contributed by atoms with Gasteiger partial charge in [0.05, 0.1) is 0 Å². The van der Waals surface area contributed by atoms with Gasteiger partial charge in [0, 0.05) is 24.3 Å². The van der Waals surface area contributed by atoms with Crippen LogP contribution in [0.2, 0.25) is 0 Å². The molecule has 1 fully saturated rings. The lowest BCUT2D eigenvalue weighted by molar-refractivity contribution is 0.0766. The summed E-state index contributed by atoms with van der Waals surface area (Å²) in [6.45, 7) is 0.849. The Morgan fingerprint density at radius 1 is 1.53 bits per heavy atom. The number of pyridine rings is 1. The van der Waals surface area contributed by atoms with E-state index in [0.717, 1.165) is 11.0 Å². The second-order valence-corrected chi connectivity index (χ2v) is 5.52. The molecule has 0 saturated heterocycles. The SMILES string of the molecule is CN(CC1CCCC1)C(=O)c1ncccc1Br. The van der Waals surface area contributed by atoms with E-state index in [1.165, 1.54) is 25.7 Å². The molecule has 1 aliphatic rings. The minimum atomic E-state index is 0.00405. The molecule has 0 aliphatic heterocycles. The largest absolute Gasteiger partial charge is 0.340 e. The molecule has 17 heavy (non-hydrogen) atoms. The van der Waals surface area contributed by atoms with Crippen LogP contribution in [0.15, 0.2) is 22.8 Å². The van der Waals surface area contributed by atoms with Gasteiger partial charge in [-0.15, -0.1) is 0 Å². The Labute approximate surface area is 110 Å². The lowest BCUT2D eigenvalue weighted by Crippen LogP contribution is -2.31. The van der Waals surface area contributed by atoms with Crippen molar-refractivity contribution in [3.8, 4) is 0 Å². The Hall–Kier alpha value is -0.900. The molecule has 0 radical (unpaired) electrons. The van der Waals surface area contributed by atoms with Crippen LogP contribution in [0, 0.1) is 5.92 Å². The van der Waals surface area contributed by atoms with Crippen molar-refractivity contribution in [3.63, 3.8) is 0 Å². The second kappa shape index (κ2) is 5.63. The molecule has 1 saturated carbocycles. The van der Waals surface area contributed by atoms with E-state index < -0.39 is 0 Å². The molecular formula is C13H17BrN2O. The van der Waals surface area contributed by atoms with Gasteiger partial charge in [0.1, 0.15) is 5.69 Å². The fourth-order valence-corrected chi connectivity index (χ4v) is 2.81. The molecule has 1 heterocycles. The maximum absolute atomic E-state index is 12.2. The van der Waals surface area contributed by atoms with Crippen molar-refractivity contribution in [2.75, 3.05) is 13.6 Å². The molecule has 3 nitrogen and oxygen atoms in total. The van der Waals surface area contributed by atoms with E-state index in [1.54, 1.807) is 11.1 Å². The summed E-state index contributed by atoms with van der Waals surface area (Å²) in [4.78, 5) is 18.1. The lowest BCUT2D eigenvalue weighted by Gasteiger charge is -2.21. The summed E-state index contributed by atoms with van der Waals surface area (Å²) in [6, 6.07) is 3.67. The molecule has 1 aromatic rings. The number of hydrogen-bond acceptors (Lipinski definition) is 2. The van der Waals surface area contributed by atoms with Crippen molar-refractivity contribution in [2.24, 2.45) is 5.92 Å². The van der Waals surface area contributed by atoms with Crippen LogP contribution in [-0.2, 0) is 0 Å².